The number of benzene rings is 1. The Hall–Kier alpha value is -1.42. The fourth-order valence-electron chi connectivity index (χ4n) is 2.92. The predicted molar refractivity (Wildman–Crippen MR) is 70.2 cm³/mol. The monoisotopic (exact) mass is 247 g/mol. The minimum atomic E-state index is -1.15. The molecule has 1 saturated carbocycles. The number of nitrogens with zero attached hydrogens (tertiary/aromatic N) is 2. The van der Waals surface area contributed by atoms with Gasteiger partial charge in [-0.3, -0.25) is 0 Å². The maximum absolute atomic E-state index is 14.4. The highest BCUT2D eigenvalue weighted by Gasteiger charge is 2.44. The van der Waals surface area contributed by atoms with E-state index in [-0.39, 0.29) is 6.04 Å². The number of imidazole rings is 1. The molecule has 3 rings (SSSR count). The van der Waals surface area contributed by atoms with Gasteiger partial charge in [-0.1, -0.05) is 12.1 Å². The van der Waals surface area contributed by atoms with Crippen LogP contribution < -0.4 is 5.73 Å². The number of fused-ring (bicyclic) bond motifs is 1. The van der Waals surface area contributed by atoms with Crippen LogP contribution in [-0.2, 0) is 13.0 Å². The third-order valence-electron chi connectivity index (χ3n) is 3.78. The normalized spacial score (nSPS) is 27.4. The summed E-state index contributed by atoms with van der Waals surface area (Å²) in [7, 11) is 0. The summed E-state index contributed by atoms with van der Waals surface area (Å²) in [5, 5.41) is 0. The third kappa shape index (κ3) is 1.81. The van der Waals surface area contributed by atoms with E-state index in [0.717, 1.165) is 23.4 Å². The lowest BCUT2D eigenvalue weighted by molar-refractivity contribution is 0.0417. The lowest BCUT2D eigenvalue weighted by atomic mass is 9.75. The van der Waals surface area contributed by atoms with Gasteiger partial charge in [0.15, 0.2) is 0 Å². The zero-order valence-corrected chi connectivity index (χ0v) is 10.6. The molecule has 0 spiro atoms. The highest BCUT2D eigenvalue weighted by Crippen LogP contribution is 2.38. The molecule has 0 radical (unpaired) electrons. The number of hydrogen-bond acceptors (Lipinski definition) is 2. The van der Waals surface area contributed by atoms with Crippen LogP contribution in [-0.4, -0.2) is 21.3 Å². The Balaban J connectivity index is 1.96. The maximum Gasteiger partial charge on any atom is 0.121 e. The fraction of sp³-hybridized carbons (Fsp3) is 0.500. The van der Waals surface area contributed by atoms with Crippen molar-refractivity contribution in [3.05, 3.63) is 30.1 Å². The molecule has 0 amide bonds. The Morgan fingerprint density at radius 2 is 2.17 bits per heavy atom. The molecular formula is C14H18FN3. The summed E-state index contributed by atoms with van der Waals surface area (Å²) in [6.45, 7) is 2.88. The third-order valence-corrected chi connectivity index (χ3v) is 3.78. The number of para-hydroxylation sites is 2. The number of hydrogen-bond donors (Lipinski definition) is 1. The van der Waals surface area contributed by atoms with Gasteiger partial charge in [0.1, 0.15) is 11.5 Å². The van der Waals surface area contributed by atoms with E-state index in [1.807, 2.05) is 24.3 Å². The van der Waals surface area contributed by atoms with Gasteiger partial charge in [-0.15, -0.1) is 0 Å². The van der Waals surface area contributed by atoms with E-state index < -0.39 is 5.67 Å². The zero-order valence-electron chi connectivity index (χ0n) is 10.6. The molecule has 0 bridgehead atoms. The minimum Gasteiger partial charge on any atom is -0.328 e. The second-order valence-electron chi connectivity index (χ2n) is 5.26. The topological polar surface area (TPSA) is 43.8 Å². The number of aryl methyl sites for hydroxylation is 1. The van der Waals surface area contributed by atoms with E-state index in [2.05, 4.69) is 16.5 Å². The van der Waals surface area contributed by atoms with Crippen molar-refractivity contribution >= 4 is 11.0 Å². The van der Waals surface area contributed by atoms with E-state index in [9.17, 15) is 4.39 Å². The molecule has 0 unspecified atom stereocenters. The molecule has 0 aliphatic heterocycles. The van der Waals surface area contributed by atoms with Crippen LogP contribution in [0.4, 0.5) is 4.39 Å². The first-order valence-electron chi connectivity index (χ1n) is 6.50. The van der Waals surface area contributed by atoms with Gasteiger partial charge in [-0.25, -0.2) is 9.37 Å². The molecule has 1 aliphatic carbocycles. The lowest BCUT2D eigenvalue weighted by Gasteiger charge is -2.39. The van der Waals surface area contributed by atoms with Crippen LogP contribution in [0.5, 0.6) is 0 Å². The van der Waals surface area contributed by atoms with Gasteiger partial charge in [0, 0.05) is 19.0 Å². The molecule has 1 aromatic carbocycles. The van der Waals surface area contributed by atoms with E-state index >= 15 is 0 Å². The van der Waals surface area contributed by atoms with Gasteiger partial charge in [0.2, 0.25) is 0 Å². The lowest BCUT2D eigenvalue weighted by Crippen LogP contribution is -2.50. The average molecular weight is 247 g/mol. The molecule has 0 atom stereocenters. The van der Waals surface area contributed by atoms with Gasteiger partial charge >= 0.3 is 0 Å². The standard InChI is InChI=1S/C14H18FN3/c1-2-18-12-6-4-3-5-11(12)17-13(18)9-14(15)7-10(16)8-14/h3-6,10H,2,7-9,16H2,1H3. The number of alkyl halides is 1. The largest absolute Gasteiger partial charge is 0.328 e. The van der Waals surface area contributed by atoms with Crippen molar-refractivity contribution in [2.24, 2.45) is 5.73 Å². The van der Waals surface area contributed by atoms with Gasteiger partial charge in [0.05, 0.1) is 11.0 Å². The Morgan fingerprint density at radius 3 is 2.83 bits per heavy atom. The summed E-state index contributed by atoms with van der Waals surface area (Å²) in [4.78, 5) is 4.56. The zero-order chi connectivity index (χ0) is 12.8. The van der Waals surface area contributed by atoms with Crippen molar-refractivity contribution in [3.8, 4) is 0 Å². The van der Waals surface area contributed by atoms with E-state index in [1.165, 1.54) is 0 Å². The summed E-state index contributed by atoms with van der Waals surface area (Å²) in [5.74, 6) is 0.841. The predicted octanol–water partition coefficient (Wildman–Crippen LogP) is 2.43. The summed E-state index contributed by atoms with van der Waals surface area (Å²) >= 11 is 0. The van der Waals surface area contributed by atoms with E-state index in [4.69, 9.17) is 5.73 Å². The highest BCUT2D eigenvalue weighted by atomic mass is 19.1. The highest BCUT2D eigenvalue weighted by molar-refractivity contribution is 5.75. The fourth-order valence-corrected chi connectivity index (χ4v) is 2.92. The Kier molecular flexibility index (Phi) is 2.63. The van der Waals surface area contributed by atoms with Gasteiger partial charge in [-0.2, -0.15) is 0 Å². The first-order chi connectivity index (χ1) is 8.61. The summed E-state index contributed by atoms with van der Waals surface area (Å²) < 4.78 is 16.5. The number of halogens is 1. The molecule has 2 aromatic rings. The second-order valence-corrected chi connectivity index (χ2v) is 5.26. The van der Waals surface area contributed by atoms with Crippen molar-refractivity contribution < 1.29 is 4.39 Å². The van der Waals surface area contributed by atoms with Crippen molar-refractivity contribution in [2.75, 3.05) is 0 Å². The van der Waals surface area contributed by atoms with Crippen LogP contribution in [0.2, 0.25) is 0 Å². The molecule has 1 heterocycles. The van der Waals surface area contributed by atoms with E-state index in [0.29, 0.717) is 19.3 Å². The molecule has 4 heteroatoms. The molecule has 3 nitrogen and oxygen atoms in total. The van der Waals surface area contributed by atoms with E-state index in [1.54, 1.807) is 0 Å². The summed E-state index contributed by atoms with van der Waals surface area (Å²) in [6, 6.07) is 7.98. The molecular weight excluding hydrogens is 229 g/mol. The second kappa shape index (κ2) is 4.05. The molecule has 1 aliphatic rings. The van der Waals surface area contributed by atoms with Crippen molar-refractivity contribution in [3.63, 3.8) is 0 Å². The average Bonchev–Trinajstić information content (AvgIpc) is 2.63. The Bertz CT molecular complexity index is 569. The molecule has 18 heavy (non-hydrogen) atoms. The van der Waals surface area contributed by atoms with Crippen LogP contribution in [0, 0.1) is 0 Å². The number of nitrogens with two attached hydrogens (primary N) is 1. The van der Waals surface area contributed by atoms with Gasteiger partial charge < -0.3 is 10.3 Å². The molecule has 96 valence electrons. The smallest absolute Gasteiger partial charge is 0.121 e. The van der Waals surface area contributed by atoms with Crippen LogP contribution in [0.25, 0.3) is 11.0 Å². The van der Waals surface area contributed by atoms with Crippen LogP contribution in [0.15, 0.2) is 24.3 Å². The van der Waals surface area contributed by atoms with Crippen molar-refractivity contribution in [1.82, 2.24) is 9.55 Å². The summed E-state index contributed by atoms with van der Waals surface area (Å²) in [6.07, 6.45) is 1.29. The summed E-state index contributed by atoms with van der Waals surface area (Å²) in [5.41, 5.74) is 6.57. The molecule has 1 aromatic heterocycles. The molecule has 1 fully saturated rings. The maximum atomic E-state index is 14.4. The van der Waals surface area contributed by atoms with Crippen LogP contribution in [0.3, 0.4) is 0 Å². The Labute approximate surface area is 106 Å². The van der Waals surface area contributed by atoms with Gasteiger partial charge in [0.25, 0.3) is 0 Å². The molecule has 0 saturated heterocycles. The first kappa shape index (κ1) is 11.7. The van der Waals surface area contributed by atoms with Gasteiger partial charge in [-0.05, 0) is 31.9 Å². The van der Waals surface area contributed by atoms with Crippen LogP contribution in [0.1, 0.15) is 25.6 Å². The minimum absolute atomic E-state index is 0.0226. The first-order valence-corrected chi connectivity index (χ1v) is 6.50. The SMILES string of the molecule is CCn1c(CC2(F)CC(N)C2)nc2ccccc21. The van der Waals surface area contributed by atoms with Crippen molar-refractivity contribution in [2.45, 2.75) is 44.4 Å². The Morgan fingerprint density at radius 1 is 1.44 bits per heavy atom. The number of aromatic nitrogens is 2. The quantitative estimate of drug-likeness (QED) is 0.905. The molecule has 2 N–H and O–H groups in total. The van der Waals surface area contributed by atoms with Crippen LogP contribution >= 0.6 is 0 Å². The van der Waals surface area contributed by atoms with Crippen molar-refractivity contribution in [1.29, 1.82) is 0 Å². The number of rotatable bonds is 3.